The van der Waals surface area contributed by atoms with Gasteiger partial charge in [-0.05, 0) is 62.4 Å². The quantitative estimate of drug-likeness (QED) is 0.0766. The maximum absolute atomic E-state index is 11.1. The molecule has 0 saturated carbocycles. The Morgan fingerprint density at radius 1 is 0.571 bits per heavy atom. The molecule has 0 saturated heterocycles. The minimum absolute atomic E-state index is 0.876. The van der Waals surface area contributed by atoms with Crippen LogP contribution < -0.4 is 0 Å². The molecule has 42 heavy (non-hydrogen) atoms. The number of aryl methyl sites for hydroxylation is 2. The van der Waals surface area contributed by atoms with Gasteiger partial charge in [0.25, 0.3) is 0 Å². The Morgan fingerprint density at radius 2 is 1.10 bits per heavy atom. The molecule has 2 nitrogen and oxygen atoms in total. The van der Waals surface area contributed by atoms with Crippen LogP contribution in [0.15, 0.2) is 60.2 Å². The predicted molar refractivity (Wildman–Crippen MR) is 181 cm³/mol. The van der Waals surface area contributed by atoms with Crippen LogP contribution in [0.4, 0.5) is 0 Å². The molecule has 1 aliphatic rings. The van der Waals surface area contributed by atoms with Gasteiger partial charge < -0.3 is 5.53 Å². The molecule has 0 atom stereocenters. The number of hydrogen-bond acceptors (Lipinski definition) is 0. The third kappa shape index (κ3) is 13.7. The standard InChI is InChI=1S/C27H34N2.2C6H13.Pd/c1-4-6-8-9-11-25-20-26(23-16-12-21(3)13-17-23)29(28)27(25)24-18-14-22(15-19-24)10-7-5-2;2*1-3-5-6-4-2;/h12-20H,4-11H2,1-3H3;2*1,3-6H2,2H3;. The molecule has 0 fully saturated rings. The van der Waals surface area contributed by atoms with Gasteiger partial charge in [0.2, 0.25) is 11.4 Å². The van der Waals surface area contributed by atoms with E-state index in [4.69, 9.17) is 0 Å². The molecule has 1 heterocycles. The molecule has 2 aromatic carbocycles. The van der Waals surface area contributed by atoms with Gasteiger partial charge in [-0.15, -0.1) is 0 Å². The fraction of sp³-hybridized carbons (Fsp3) is 0.590. The zero-order chi connectivity index (χ0) is 30.4. The van der Waals surface area contributed by atoms with Crippen LogP contribution in [0.2, 0.25) is 9.79 Å². The van der Waals surface area contributed by atoms with Crippen LogP contribution in [0, 0.1) is 6.92 Å². The van der Waals surface area contributed by atoms with E-state index in [0.29, 0.717) is 0 Å². The summed E-state index contributed by atoms with van der Waals surface area (Å²) in [6.07, 6.45) is 23.2. The summed E-state index contributed by atoms with van der Waals surface area (Å²) in [6.45, 7) is 11.1. The SMILES string of the molecule is CCCCCCC1=C(c2ccc(CCCC)cc2)[N+](=[N-])C(c2ccc(C)cc2)=C1.CCCCC[CH2][Pd][CH2]CCCCC. The molecule has 0 aliphatic carbocycles. The molecule has 3 rings (SSSR count). The van der Waals surface area contributed by atoms with E-state index < -0.39 is 0 Å². The third-order valence-electron chi connectivity index (χ3n) is 7.90. The topological polar surface area (TPSA) is 25.3 Å². The first kappa shape index (κ1) is 36.4. The zero-order valence-electron chi connectivity index (χ0n) is 27.6. The Labute approximate surface area is 268 Å². The average molecular weight is 663 g/mol. The van der Waals surface area contributed by atoms with Gasteiger partial charge in [0.15, 0.2) is 0 Å². The molecule has 0 bridgehead atoms. The monoisotopic (exact) mass is 662 g/mol. The predicted octanol–water partition coefficient (Wildman–Crippen LogP) is 13.2. The van der Waals surface area contributed by atoms with Crippen molar-refractivity contribution >= 4 is 11.4 Å². The zero-order valence-corrected chi connectivity index (χ0v) is 29.2. The van der Waals surface area contributed by atoms with Crippen molar-refractivity contribution in [3.05, 3.63) is 88.0 Å². The van der Waals surface area contributed by atoms with E-state index in [9.17, 15) is 5.53 Å². The van der Waals surface area contributed by atoms with Crippen LogP contribution in [0.1, 0.15) is 146 Å². The van der Waals surface area contributed by atoms with E-state index in [0.717, 1.165) is 59.8 Å². The van der Waals surface area contributed by atoms with Crippen molar-refractivity contribution in [3.8, 4) is 0 Å². The molecule has 0 N–H and O–H groups in total. The Bertz CT molecular complexity index is 1050. The van der Waals surface area contributed by atoms with E-state index in [1.165, 1.54) is 115 Å². The number of unbranched alkanes of at least 4 members (excludes halogenated alkanes) is 10. The summed E-state index contributed by atoms with van der Waals surface area (Å²) < 4.78 is 1.40. The van der Waals surface area contributed by atoms with Gasteiger partial charge in [-0.2, -0.15) is 0 Å². The van der Waals surface area contributed by atoms with Crippen molar-refractivity contribution < 1.29 is 22.7 Å². The van der Waals surface area contributed by atoms with Gasteiger partial charge in [-0.1, -0.05) is 69.4 Å². The fourth-order valence-electron chi connectivity index (χ4n) is 5.18. The number of hydrogen-bond donors (Lipinski definition) is 0. The molecular weight excluding hydrogens is 603 g/mol. The average Bonchev–Trinajstić information content (AvgIpc) is 3.34. The van der Waals surface area contributed by atoms with Gasteiger partial charge in [0.1, 0.15) is 0 Å². The number of rotatable bonds is 20. The summed E-state index contributed by atoms with van der Waals surface area (Å²) in [6, 6.07) is 17.2. The molecule has 0 amide bonds. The summed E-state index contributed by atoms with van der Waals surface area (Å²) in [4.78, 5) is 3.06. The Balaban J connectivity index is 0.000000401. The van der Waals surface area contributed by atoms with Gasteiger partial charge >= 0.3 is 93.0 Å². The molecule has 0 radical (unpaired) electrons. The van der Waals surface area contributed by atoms with Gasteiger partial charge in [0.05, 0.1) is 0 Å². The van der Waals surface area contributed by atoms with E-state index in [-0.39, 0.29) is 0 Å². The summed E-state index contributed by atoms with van der Waals surface area (Å²) >= 11 is 1.07. The van der Waals surface area contributed by atoms with E-state index >= 15 is 0 Å². The van der Waals surface area contributed by atoms with Gasteiger partial charge in [-0.25, -0.2) is 4.70 Å². The second-order valence-electron chi connectivity index (χ2n) is 11.8. The van der Waals surface area contributed by atoms with E-state index in [1.807, 2.05) is 0 Å². The van der Waals surface area contributed by atoms with Crippen molar-refractivity contribution in [1.29, 1.82) is 0 Å². The van der Waals surface area contributed by atoms with Crippen LogP contribution in [0.25, 0.3) is 16.9 Å². The molecule has 1 aliphatic heterocycles. The third-order valence-corrected chi connectivity index (χ3v) is 10.1. The summed E-state index contributed by atoms with van der Waals surface area (Å²) in [5, 5.41) is 0. The van der Waals surface area contributed by atoms with Crippen molar-refractivity contribution in [3.63, 3.8) is 0 Å². The molecule has 0 spiro atoms. The number of allylic oxidation sites excluding steroid dienone is 2. The summed E-state index contributed by atoms with van der Waals surface area (Å²) in [7, 11) is 0. The van der Waals surface area contributed by atoms with Crippen LogP contribution in [0.3, 0.4) is 0 Å². The van der Waals surface area contributed by atoms with Crippen LogP contribution >= 0.6 is 0 Å². The van der Waals surface area contributed by atoms with Gasteiger partial charge in [-0.3, -0.25) is 0 Å². The fourth-order valence-corrected chi connectivity index (χ4v) is 7.12. The Kier molecular flexibility index (Phi) is 19.6. The maximum atomic E-state index is 11.1. The van der Waals surface area contributed by atoms with E-state index in [2.05, 4.69) is 89.2 Å². The summed E-state index contributed by atoms with van der Waals surface area (Å²) in [5.74, 6) is 0. The van der Waals surface area contributed by atoms with Gasteiger partial charge in [0, 0.05) is 22.8 Å². The molecule has 236 valence electrons. The molecular formula is C39H60N2Pd. The van der Waals surface area contributed by atoms with E-state index in [1.54, 1.807) is 0 Å². The molecule has 3 heteroatoms. The Hall–Kier alpha value is -1.82. The van der Waals surface area contributed by atoms with Crippen molar-refractivity contribution in [2.45, 2.75) is 147 Å². The molecule has 2 aromatic rings. The molecule has 0 aromatic heterocycles. The van der Waals surface area contributed by atoms with Crippen molar-refractivity contribution in [2.75, 3.05) is 0 Å². The first-order valence-electron chi connectivity index (χ1n) is 17.1. The van der Waals surface area contributed by atoms with Crippen molar-refractivity contribution in [1.82, 2.24) is 0 Å². The van der Waals surface area contributed by atoms with Crippen LogP contribution in [-0.2, 0) is 24.4 Å². The second kappa shape index (κ2) is 22.7. The van der Waals surface area contributed by atoms with Crippen molar-refractivity contribution in [2.24, 2.45) is 0 Å². The second-order valence-corrected chi connectivity index (χ2v) is 14.1. The first-order valence-corrected chi connectivity index (χ1v) is 19.3. The van der Waals surface area contributed by atoms with Crippen LogP contribution in [-0.4, -0.2) is 4.70 Å². The molecule has 0 unspecified atom stereocenters. The normalized spacial score (nSPS) is 13.0. The Morgan fingerprint density at radius 3 is 1.64 bits per heavy atom. The summed E-state index contributed by atoms with van der Waals surface area (Å²) in [5.41, 5.74) is 18.9. The minimum atomic E-state index is 0.876. The van der Waals surface area contributed by atoms with Crippen LogP contribution in [0.5, 0.6) is 0 Å². The first-order chi connectivity index (χ1) is 20.5. The number of benzene rings is 2. The number of nitrogens with zero attached hydrogens (tertiary/aromatic N) is 2.